The Morgan fingerprint density at radius 2 is 1.84 bits per heavy atom. The third kappa shape index (κ3) is 1.88. The molecule has 2 aliphatic rings. The highest BCUT2D eigenvalue weighted by molar-refractivity contribution is 5.83. The van der Waals surface area contributed by atoms with Crippen LogP contribution in [0.25, 0.3) is 0 Å². The lowest BCUT2D eigenvalue weighted by Gasteiger charge is -2.56. The summed E-state index contributed by atoms with van der Waals surface area (Å²) in [7, 11) is 0. The Kier molecular flexibility index (Phi) is 2.90. The van der Waals surface area contributed by atoms with E-state index in [0.717, 1.165) is 50.0 Å². The molecule has 0 radical (unpaired) electrons. The molecule has 0 bridgehead atoms. The van der Waals surface area contributed by atoms with Crippen LogP contribution < -0.4 is 0 Å². The molecule has 2 fully saturated rings. The first-order valence-corrected chi connectivity index (χ1v) is 6.95. The van der Waals surface area contributed by atoms with E-state index in [1.165, 1.54) is 0 Å². The number of rotatable bonds is 2. The summed E-state index contributed by atoms with van der Waals surface area (Å²) in [5, 5.41) is 9.74. The van der Waals surface area contributed by atoms with Crippen LogP contribution in [0.4, 0.5) is 0 Å². The topological polar surface area (TPSA) is 46.5 Å². The highest BCUT2D eigenvalue weighted by Gasteiger charge is 2.60. The van der Waals surface area contributed by atoms with Gasteiger partial charge in [-0.1, -0.05) is 24.3 Å². The van der Waals surface area contributed by atoms with Gasteiger partial charge in [0.15, 0.2) is 0 Å². The minimum absolute atomic E-state index is 0.207. The highest BCUT2D eigenvalue weighted by atomic mass is 16.5. The molecule has 0 unspecified atom stereocenters. The monoisotopic (exact) mass is 260 g/mol. The van der Waals surface area contributed by atoms with E-state index in [4.69, 9.17) is 4.74 Å². The smallest absolute Gasteiger partial charge is 0.314 e. The first-order valence-electron chi connectivity index (χ1n) is 6.95. The zero-order valence-corrected chi connectivity index (χ0v) is 11.3. The Balaban J connectivity index is 1.92. The standard InChI is InChI=1S/C16H20O3/c1-12-4-2-3-5-13(12)16(14(17)18)10-15(11-16)6-8-19-9-7-15/h2-5H,6-11H2,1H3,(H,17,18). The van der Waals surface area contributed by atoms with Crippen molar-refractivity contribution in [3.63, 3.8) is 0 Å². The van der Waals surface area contributed by atoms with Crippen LogP contribution in [0.1, 0.15) is 36.8 Å². The molecule has 1 aliphatic heterocycles. The lowest BCUT2D eigenvalue weighted by Crippen LogP contribution is -2.56. The van der Waals surface area contributed by atoms with Crippen LogP contribution in [0.2, 0.25) is 0 Å². The molecule has 1 spiro atoms. The molecular formula is C16H20O3. The van der Waals surface area contributed by atoms with E-state index >= 15 is 0 Å². The van der Waals surface area contributed by atoms with Crippen molar-refractivity contribution in [3.05, 3.63) is 35.4 Å². The van der Waals surface area contributed by atoms with Crippen molar-refractivity contribution in [1.82, 2.24) is 0 Å². The number of carbonyl (C=O) groups is 1. The average molecular weight is 260 g/mol. The van der Waals surface area contributed by atoms with Crippen molar-refractivity contribution in [2.24, 2.45) is 5.41 Å². The lowest BCUT2D eigenvalue weighted by molar-refractivity contribution is -0.160. The van der Waals surface area contributed by atoms with Gasteiger partial charge < -0.3 is 9.84 Å². The second-order valence-corrected chi connectivity index (χ2v) is 6.17. The Morgan fingerprint density at radius 1 is 1.21 bits per heavy atom. The largest absolute Gasteiger partial charge is 0.481 e. The van der Waals surface area contributed by atoms with E-state index in [2.05, 4.69) is 0 Å². The van der Waals surface area contributed by atoms with E-state index in [1.54, 1.807) is 0 Å². The minimum atomic E-state index is -0.668. The number of benzene rings is 1. The fourth-order valence-corrected chi connectivity index (χ4v) is 3.95. The molecule has 1 N–H and O–H groups in total. The van der Waals surface area contributed by atoms with E-state index < -0.39 is 11.4 Å². The van der Waals surface area contributed by atoms with Crippen molar-refractivity contribution in [2.45, 2.75) is 38.0 Å². The SMILES string of the molecule is Cc1ccccc1C1(C(=O)O)CC2(CCOCC2)C1. The fourth-order valence-electron chi connectivity index (χ4n) is 3.95. The molecular weight excluding hydrogens is 240 g/mol. The minimum Gasteiger partial charge on any atom is -0.481 e. The van der Waals surface area contributed by atoms with Crippen molar-refractivity contribution in [2.75, 3.05) is 13.2 Å². The van der Waals surface area contributed by atoms with Gasteiger partial charge in [0, 0.05) is 13.2 Å². The number of aryl methyl sites for hydroxylation is 1. The first-order chi connectivity index (χ1) is 9.08. The molecule has 1 heterocycles. The van der Waals surface area contributed by atoms with Gasteiger partial charge >= 0.3 is 5.97 Å². The molecule has 3 rings (SSSR count). The van der Waals surface area contributed by atoms with Gasteiger partial charge in [0.25, 0.3) is 0 Å². The third-order valence-electron chi connectivity index (χ3n) is 4.98. The molecule has 1 saturated carbocycles. The van der Waals surface area contributed by atoms with E-state index in [0.29, 0.717) is 0 Å². The molecule has 3 heteroatoms. The lowest BCUT2D eigenvalue weighted by atomic mass is 9.47. The van der Waals surface area contributed by atoms with Gasteiger partial charge in [-0.15, -0.1) is 0 Å². The summed E-state index contributed by atoms with van der Waals surface area (Å²) in [6, 6.07) is 7.91. The van der Waals surface area contributed by atoms with E-state index in [-0.39, 0.29) is 5.41 Å². The fraction of sp³-hybridized carbons (Fsp3) is 0.562. The van der Waals surface area contributed by atoms with Gasteiger partial charge in [0.2, 0.25) is 0 Å². The Labute approximate surface area is 113 Å². The molecule has 1 aromatic rings. The van der Waals surface area contributed by atoms with Gasteiger partial charge in [-0.25, -0.2) is 0 Å². The highest BCUT2D eigenvalue weighted by Crippen LogP contribution is 2.60. The number of carboxylic acid groups (broad SMARTS) is 1. The molecule has 1 aliphatic carbocycles. The van der Waals surface area contributed by atoms with Crippen LogP contribution in [0.5, 0.6) is 0 Å². The number of hydrogen-bond acceptors (Lipinski definition) is 2. The maximum absolute atomic E-state index is 11.9. The second kappa shape index (κ2) is 4.34. The zero-order valence-electron chi connectivity index (χ0n) is 11.3. The molecule has 102 valence electrons. The molecule has 1 saturated heterocycles. The Morgan fingerprint density at radius 3 is 2.42 bits per heavy atom. The number of aliphatic carboxylic acids is 1. The normalized spacial score (nSPS) is 23.8. The van der Waals surface area contributed by atoms with Crippen LogP contribution >= 0.6 is 0 Å². The van der Waals surface area contributed by atoms with E-state index in [9.17, 15) is 9.90 Å². The molecule has 0 amide bonds. The van der Waals surface area contributed by atoms with Crippen LogP contribution in [-0.2, 0) is 14.9 Å². The van der Waals surface area contributed by atoms with Gasteiger partial charge in [-0.2, -0.15) is 0 Å². The van der Waals surface area contributed by atoms with Gasteiger partial charge in [0.05, 0.1) is 5.41 Å². The summed E-state index contributed by atoms with van der Waals surface area (Å²) in [6.07, 6.45) is 3.55. The summed E-state index contributed by atoms with van der Waals surface area (Å²) in [5.41, 5.74) is 1.63. The van der Waals surface area contributed by atoms with Crippen LogP contribution in [0.3, 0.4) is 0 Å². The van der Waals surface area contributed by atoms with Crippen LogP contribution in [-0.4, -0.2) is 24.3 Å². The number of hydrogen-bond donors (Lipinski definition) is 1. The van der Waals surface area contributed by atoms with Crippen molar-refractivity contribution < 1.29 is 14.6 Å². The molecule has 0 aromatic heterocycles. The van der Waals surface area contributed by atoms with Crippen molar-refractivity contribution in [1.29, 1.82) is 0 Å². The molecule has 1 aromatic carbocycles. The molecule has 3 nitrogen and oxygen atoms in total. The number of ether oxygens (including phenoxy) is 1. The number of carboxylic acids is 1. The third-order valence-corrected chi connectivity index (χ3v) is 4.98. The summed E-state index contributed by atoms with van der Waals surface area (Å²) < 4.78 is 5.41. The van der Waals surface area contributed by atoms with E-state index in [1.807, 2.05) is 31.2 Å². The zero-order chi connectivity index (χ0) is 13.5. The van der Waals surface area contributed by atoms with Crippen LogP contribution in [0.15, 0.2) is 24.3 Å². The summed E-state index contributed by atoms with van der Waals surface area (Å²) in [6.45, 7) is 3.57. The van der Waals surface area contributed by atoms with Gasteiger partial charge in [0.1, 0.15) is 0 Å². The summed E-state index contributed by atoms with van der Waals surface area (Å²) in [4.78, 5) is 11.9. The Bertz CT molecular complexity index is 492. The van der Waals surface area contributed by atoms with Gasteiger partial charge in [-0.3, -0.25) is 4.79 Å². The van der Waals surface area contributed by atoms with Gasteiger partial charge in [-0.05, 0) is 49.1 Å². The maximum Gasteiger partial charge on any atom is 0.314 e. The van der Waals surface area contributed by atoms with Crippen molar-refractivity contribution in [3.8, 4) is 0 Å². The average Bonchev–Trinajstić information content (AvgIpc) is 2.37. The predicted octanol–water partition coefficient (Wildman–Crippen LogP) is 2.91. The quantitative estimate of drug-likeness (QED) is 0.889. The first kappa shape index (κ1) is 12.7. The molecule has 0 atom stereocenters. The van der Waals surface area contributed by atoms with Crippen LogP contribution in [0, 0.1) is 12.3 Å². The van der Waals surface area contributed by atoms with Crippen molar-refractivity contribution >= 4 is 5.97 Å². The second-order valence-electron chi connectivity index (χ2n) is 6.17. The summed E-state index contributed by atoms with van der Waals surface area (Å²) >= 11 is 0. The maximum atomic E-state index is 11.9. The molecule has 19 heavy (non-hydrogen) atoms. The Hall–Kier alpha value is -1.35. The predicted molar refractivity (Wildman–Crippen MR) is 72.2 cm³/mol. The summed E-state index contributed by atoms with van der Waals surface area (Å²) in [5.74, 6) is -0.668.